The molecule has 0 saturated carbocycles. The lowest BCUT2D eigenvalue weighted by molar-refractivity contribution is -0.384. The summed E-state index contributed by atoms with van der Waals surface area (Å²) in [4.78, 5) is 14.6. The normalized spacial score (nSPS) is 15.6. The molecule has 1 aliphatic rings. The van der Waals surface area contributed by atoms with E-state index >= 15 is 0 Å². The third-order valence-corrected chi connectivity index (χ3v) is 4.12. The quantitative estimate of drug-likeness (QED) is 0.643. The monoisotopic (exact) mass is 315 g/mol. The second-order valence-corrected chi connectivity index (χ2v) is 5.64. The van der Waals surface area contributed by atoms with Crippen LogP contribution < -0.4 is 4.90 Å². The Morgan fingerprint density at radius 3 is 2.26 bits per heavy atom. The summed E-state index contributed by atoms with van der Waals surface area (Å²) in [6.07, 6.45) is 0. The van der Waals surface area contributed by atoms with E-state index < -0.39 is 4.92 Å². The van der Waals surface area contributed by atoms with E-state index in [0.717, 1.165) is 38.3 Å². The maximum absolute atomic E-state index is 13.8. The molecule has 0 unspecified atom stereocenters. The van der Waals surface area contributed by atoms with E-state index in [0.29, 0.717) is 5.69 Å². The average Bonchev–Trinajstić information content (AvgIpc) is 2.57. The highest BCUT2D eigenvalue weighted by molar-refractivity contribution is 5.48. The van der Waals surface area contributed by atoms with Gasteiger partial charge >= 0.3 is 0 Å². The Balaban J connectivity index is 1.57. The van der Waals surface area contributed by atoms with Gasteiger partial charge in [0.25, 0.3) is 5.69 Å². The van der Waals surface area contributed by atoms with Crippen molar-refractivity contribution >= 4 is 11.4 Å². The predicted molar refractivity (Wildman–Crippen MR) is 87.0 cm³/mol. The molecular formula is C17H18FN3O2. The molecule has 1 fully saturated rings. The van der Waals surface area contributed by atoms with Crippen LogP contribution in [-0.2, 0) is 6.54 Å². The van der Waals surface area contributed by atoms with Crippen molar-refractivity contribution in [2.45, 2.75) is 6.54 Å². The Labute approximate surface area is 134 Å². The first-order chi connectivity index (χ1) is 11.1. The minimum Gasteiger partial charge on any atom is -0.367 e. The molecule has 0 N–H and O–H groups in total. The van der Waals surface area contributed by atoms with Gasteiger partial charge in [0.2, 0.25) is 0 Å². The highest BCUT2D eigenvalue weighted by Crippen LogP contribution is 2.21. The molecule has 0 radical (unpaired) electrons. The number of para-hydroxylation sites is 1. The smallest absolute Gasteiger partial charge is 0.269 e. The summed E-state index contributed by atoms with van der Waals surface area (Å²) >= 11 is 0. The number of anilines is 1. The molecule has 0 aliphatic carbocycles. The number of hydrogen-bond donors (Lipinski definition) is 0. The highest BCUT2D eigenvalue weighted by atomic mass is 19.1. The molecule has 0 amide bonds. The van der Waals surface area contributed by atoms with Gasteiger partial charge < -0.3 is 4.90 Å². The number of piperazine rings is 1. The van der Waals surface area contributed by atoms with Crippen LogP contribution in [0, 0.1) is 15.9 Å². The van der Waals surface area contributed by atoms with E-state index in [-0.39, 0.29) is 11.5 Å². The van der Waals surface area contributed by atoms with Gasteiger partial charge in [-0.2, -0.15) is 0 Å². The van der Waals surface area contributed by atoms with Crippen molar-refractivity contribution in [3.05, 3.63) is 70.0 Å². The highest BCUT2D eigenvalue weighted by Gasteiger charge is 2.19. The molecule has 2 aromatic carbocycles. The van der Waals surface area contributed by atoms with Gasteiger partial charge in [0, 0.05) is 44.9 Å². The van der Waals surface area contributed by atoms with E-state index in [1.54, 1.807) is 24.3 Å². The summed E-state index contributed by atoms with van der Waals surface area (Å²) in [7, 11) is 0. The molecule has 0 spiro atoms. The third kappa shape index (κ3) is 3.65. The summed E-state index contributed by atoms with van der Waals surface area (Å²) in [5, 5.41) is 10.7. The standard InChI is InChI=1S/C17H18FN3O2/c18-16-3-1-2-4-17(16)20-11-9-19(10-12-20)13-14-5-7-15(8-6-14)21(22)23/h1-8H,9-13H2. The Kier molecular flexibility index (Phi) is 4.52. The lowest BCUT2D eigenvalue weighted by atomic mass is 10.1. The van der Waals surface area contributed by atoms with Crippen molar-refractivity contribution < 1.29 is 9.31 Å². The zero-order valence-electron chi connectivity index (χ0n) is 12.7. The largest absolute Gasteiger partial charge is 0.367 e. The lowest BCUT2D eigenvalue weighted by Gasteiger charge is -2.36. The number of rotatable bonds is 4. The van der Waals surface area contributed by atoms with E-state index in [4.69, 9.17) is 0 Å². The van der Waals surface area contributed by atoms with Crippen LogP contribution in [0.4, 0.5) is 15.8 Å². The fourth-order valence-corrected chi connectivity index (χ4v) is 2.84. The summed E-state index contributed by atoms with van der Waals surface area (Å²) in [5.74, 6) is -0.184. The fourth-order valence-electron chi connectivity index (χ4n) is 2.84. The van der Waals surface area contributed by atoms with Crippen LogP contribution >= 0.6 is 0 Å². The molecule has 0 atom stereocenters. The first-order valence-electron chi connectivity index (χ1n) is 7.58. The Hall–Kier alpha value is -2.47. The Morgan fingerprint density at radius 2 is 1.65 bits per heavy atom. The van der Waals surface area contributed by atoms with Crippen molar-refractivity contribution in [3.63, 3.8) is 0 Å². The molecule has 0 aromatic heterocycles. The van der Waals surface area contributed by atoms with Gasteiger partial charge in [-0.05, 0) is 17.7 Å². The van der Waals surface area contributed by atoms with Crippen molar-refractivity contribution in [1.82, 2.24) is 4.90 Å². The second kappa shape index (κ2) is 6.75. The van der Waals surface area contributed by atoms with Gasteiger partial charge in [0.05, 0.1) is 10.6 Å². The first-order valence-corrected chi connectivity index (χ1v) is 7.58. The SMILES string of the molecule is O=[N+]([O-])c1ccc(CN2CCN(c3ccccc3F)CC2)cc1. The molecular weight excluding hydrogens is 297 g/mol. The van der Waals surface area contributed by atoms with Gasteiger partial charge in [0.1, 0.15) is 5.82 Å². The van der Waals surface area contributed by atoms with Crippen molar-refractivity contribution in [1.29, 1.82) is 0 Å². The molecule has 0 bridgehead atoms. The number of hydrogen-bond acceptors (Lipinski definition) is 4. The van der Waals surface area contributed by atoms with E-state index in [1.165, 1.54) is 18.2 Å². The minimum absolute atomic E-state index is 0.109. The molecule has 23 heavy (non-hydrogen) atoms. The molecule has 6 heteroatoms. The number of benzene rings is 2. The van der Waals surface area contributed by atoms with Gasteiger partial charge in [-0.15, -0.1) is 0 Å². The first kappa shape index (κ1) is 15.4. The van der Waals surface area contributed by atoms with E-state index in [1.807, 2.05) is 6.07 Å². The molecule has 5 nitrogen and oxygen atoms in total. The maximum atomic E-state index is 13.8. The van der Waals surface area contributed by atoms with Crippen LogP contribution in [0.3, 0.4) is 0 Å². The summed E-state index contributed by atoms with van der Waals surface area (Å²) in [5.41, 5.74) is 1.82. The van der Waals surface area contributed by atoms with Crippen LogP contribution in [0.25, 0.3) is 0 Å². The molecule has 1 heterocycles. The van der Waals surface area contributed by atoms with Crippen molar-refractivity contribution in [2.24, 2.45) is 0 Å². The Morgan fingerprint density at radius 1 is 1.00 bits per heavy atom. The van der Waals surface area contributed by atoms with Gasteiger partial charge in [-0.3, -0.25) is 15.0 Å². The molecule has 3 rings (SSSR count). The zero-order chi connectivity index (χ0) is 16.2. The number of nitro benzene ring substituents is 1. The topological polar surface area (TPSA) is 49.6 Å². The van der Waals surface area contributed by atoms with Crippen LogP contribution in [0.1, 0.15) is 5.56 Å². The average molecular weight is 315 g/mol. The number of nitro groups is 1. The summed E-state index contributed by atoms with van der Waals surface area (Å²) < 4.78 is 13.8. The summed E-state index contributed by atoms with van der Waals surface area (Å²) in [6.45, 7) is 3.97. The van der Waals surface area contributed by atoms with Crippen molar-refractivity contribution in [3.8, 4) is 0 Å². The second-order valence-electron chi connectivity index (χ2n) is 5.64. The zero-order valence-corrected chi connectivity index (χ0v) is 12.7. The summed E-state index contributed by atoms with van der Waals surface area (Å²) in [6, 6.07) is 13.5. The van der Waals surface area contributed by atoms with Crippen molar-refractivity contribution in [2.75, 3.05) is 31.1 Å². The number of non-ortho nitro benzene ring substituents is 1. The van der Waals surface area contributed by atoms with Crippen LogP contribution in [0.2, 0.25) is 0 Å². The predicted octanol–water partition coefficient (Wildman–Crippen LogP) is 3.06. The van der Waals surface area contributed by atoms with Crippen LogP contribution in [-0.4, -0.2) is 36.0 Å². The van der Waals surface area contributed by atoms with Crippen LogP contribution in [0.15, 0.2) is 48.5 Å². The Bertz CT molecular complexity index is 682. The molecule has 2 aromatic rings. The lowest BCUT2D eigenvalue weighted by Crippen LogP contribution is -2.46. The number of nitrogens with zero attached hydrogens (tertiary/aromatic N) is 3. The fraction of sp³-hybridized carbons (Fsp3) is 0.294. The van der Waals surface area contributed by atoms with E-state index in [2.05, 4.69) is 9.80 Å². The van der Waals surface area contributed by atoms with E-state index in [9.17, 15) is 14.5 Å². The molecule has 120 valence electrons. The van der Waals surface area contributed by atoms with Crippen LogP contribution in [0.5, 0.6) is 0 Å². The third-order valence-electron chi connectivity index (χ3n) is 4.12. The molecule has 1 saturated heterocycles. The van der Waals surface area contributed by atoms with Gasteiger partial charge in [0.15, 0.2) is 0 Å². The minimum atomic E-state index is -0.392. The molecule has 1 aliphatic heterocycles. The van der Waals surface area contributed by atoms with Gasteiger partial charge in [-0.1, -0.05) is 24.3 Å². The maximum Gasteiger partial charge on any atom is 0.269 e. The van der Waals surface area contributed by atoms with Gasteiger partial charge in [-0.25, -0.2) is 4.39 Å². The number of halogens is 1.